The molecule has 1 heterocycles. The minimum absolute atomic E-state index is 0.0489. The Morgan fingerprint density at radius 1 is 1.21 bits per heavy atom. The van der Waals surface area contributed by atoms with Crippen LogP contribution in [0.5, 0.6) is 0 Å². The summed E-state index contributed by atoms with van der Waals surface area (Å²) in [5, 5.41) is 2.97. The van der Waals surface area contributed by atoms with Gasteiger partial charge in [0, 0.05) is 31.7 Å². The lowest BCUT2D eigenvalue weighted by Crippen LogP contribution is -2.48. The minimum Gasteiger partial charge on any atom is -0.333 e. The summed E-state index contributed by atoms with van der Waals surface area (Å²) in [5.41, 5.74) is 0.666. The molecular weight excluding hydrogens is 309 g/mol. The van der Waals surface area contributed by atoms with Gasteiger partial charge in [0.25, 0.3) is 0 Å². The van der Waals surface area contributed by atoms with Crippen molar-refractivity contribution in [2.45, 2.75) is 50.6 Å². The first kappa shape index (κ1) is 16.7. The number of carbonyl (C=O) groups excluding carboxylic acids is 2. The van der Waals surface area contributed by atoms with E-state index in [0.717, 1.165) is 12.8 Å². The number of nitrogens with zero attached hydrogens (tertiary/aromatic N) is 2. The maximum Gasteiger partial charge on any atom is 0.317 e. The Morgan fingerprint density at radius 3 is 2.54 bits per heavy atom. The summed E-state index contributed by atoms with van der Waals surface area (Å²) < 4.78 is 13.0. The van der Waals surface area contributed by atoms with E-state index in [4.69, 9.17) is 0 Å². The first-order valence-electron chi connectivity index (χ1n) is 8.64. The first-order chi connectivity index (χ1) is 11.5. The molecule has 2 aliphatic rings. The molecule has 3 amide bonds. The van der Waals surface area contributed by atoms with Crippen LogP contribution in [0.3, 0.4) is 0 Å². The summed E-state index contributed by atoms with van der Waals surface area (Å²) in [6.07, 6.45) is 5.97. The van der Waals surface area contributed by atoms with Gasteiger partial charge in [-0.2, -0.15) is 0 Å². The van der Waals surface area contributed by atoms with E-state index in [1.165, 1.54) is 31.4 Å². The molecule has 0 bridgehead atoms. The lowest BCUT2D eigenvalue weighted by Gasteiger charge is -2.32. The molecule has 0 aromatic heterocycles. The third kappa shape index (κ3) is 3.68. The highest BCUT2D eigenvalue weighted by Gasteiger charge is 2.33. The van der Waals surface area contributed by atoms with Crippen LogP contribution in [0.25, 0.3) is 0 Å². The maximum absolute atomic E-state index is 13.0. The van der Waals surface area contributed by atoms with Crippen molar-refractivity contribution in [3.05, 3.63) is 30.1 Å². The highest BCUT2D eigenvalue weighted by atomic mass is 19.1. The molecule has 6 heteroatoms. The highest BCUT2D eigenvalue weighted by molar-refractivity contribution is 5.96. The Kier molecular flexibility index (Phi) is 5.02. The second kappa shape index (κ2) is 7.20. The average Bonchev–Trinajstić information content (AvgIpc) is 2.96. The van der Waals surface area contributed by atoms with Crippen molar-refractivity contribution in [3.63, 3.8) is 0 Å². The average molecular weight is 333 g/mol. The second-order valence-corrected chi connectivity index (χ2v) is 6.73. The number of carbonyl (C=O) groups is 2. The van der Waals surface area contributed by atoms with Gasteiger partial charge in [0.05, 0.1) is 6.04 Å². The van der Waals surface area contributed by atoms with E-state index in [-0.39, 0.29) is 30.2 Å². The molecule has 1 atom stereocenters. The van der Waals surface area contributed by atoms with Gasteiger partial charge in [0.1, 0.15) is 5.82 Å². The van der Waals surface area contributed by atoms with Gasteiger partial charge in [-0.3, -0.25) is 4.79 Å². The number of hydrogen-bond acceptors (Lipinski definition) is 2. The number of amides is 3. The van der Waals surface area contributed by atoms with Gasteiger partial charge < -0.3 is 15.1 Å². The largest absolute Gasteiger partial charge is 0.333 e. The molecule has 1 aromatic rings. The van der Waals surface area contributed by atoms with Crippen LogP contribution in [0, 0.1) is 5.82 Å². The zero-order valence-corrected chi connectivity index (χ0v) is 14.0. The van der Waals surface area contributed by atoms with E-state index in [9.17, 15) is 14.0 Å². The number of halogens is 1. The Morgan fingerprint density at radius 2 is 1.88 bits per heavy atom. The predicted octanol–water partition coefficient (Wildman–Crippen LogP) is 2.91. The molecular formula is C18H24FN3O2. The van der Waals surface area contributed by atoms with Crippen molar-refractivity contribution >= 4 is 17.6 Å². The first-order valence-corrected chi connectivity index (χ1v) is 8.64. The lowest BCUT2D eigenvalue weighted by atomic mass is 9.95. The number of nitrogens with one attached hydrogen (secondary N) is 1. The van der Waals surface area contributed by atoms with Gasteiger partial charge in [-0.15, -0.1) is 0 Å². The van der Waals surface area contributed by atoms with Crippen molar-refractivity contribution < 1.29 is 14.0 Å². The molecule has 3 rings (SSSR count). The third-order valence-corrected chi connectivity index (χ3v) is 5.03. The maximum atomic E-state index is 13.0. The van der Waals surface area contributed by atoms with E-state index in [1.807, 2.05) is 7.05 Å². The summed E-state index contributed by atoms with van der Waals surface area (Å²) in [7, 11) is 1.83. The topological polar surface area (TPSA) is 52.7 Å². The van der Waals surface area contributed by atoms with Gasteiger partial charge in [0.15, 0.2) is 0 Å². The van der Waals surface area contributed by atoms with Gasteiger partial charge >= 0.3 is 6.03 Å². The summed E-state index contributed by atoms with van der Waals surface area (Å²) >= 11 is 0. The van der Waals surface area contributed by atoms with Gasteiger partial charge in [-0.1, -0.05) is 19.3 Å². The normalized spacial score (nSPS) is 21.8. The summed E-state index contributed by atoms with van der Waals surface area (Å²) in [6.45, 7) is 0.425. The molecule has 130 valence electrons. The zero-order chi connectivity index (χ0) is 17.1. The van der Waals surface area contributed by atoms with Crippen LogP contribution in [-0.2, 0) is 4.79 Å². The molecule has 0 radical (unpaired) electrons. The Bertz CT molecular complexity index is 599. The minimum atomic E-state index is -0.329. The van der Waals surface area contributed by atoms with E-state index >= 15 is 0 Å². The SMILES string of the molecule is CN(C(=O)NC1CC(=O)N(c2ccc(F)cc2)C1)C1CCCCC1. The van der Waals surface area contributed by atoms with E-state index in [0.29, 0.717) is 18.3 Å². The molecule has 1 saturated carbocycles. The quantitative estimate of drug-likeness (QED) is 0.925. The van der Waals surface area contributed by atoms with Gasteiger partial charge in [0.2, 0.25) is 5.91 Å². The summed E-state index contributed by atoms with van der Waals surface area (Å²) in [4.78, 5) is 28.0. The van der Waals surface area contributed by atoms with Crippen molar-refractivity contribution in [1.82, 2.24) is 10.2 Å². The van der Waals surface area contributed by atoms with Crippen LogP contribution in [0.2, 0.25) is 0 Å². The van der Waals surface area contributed by atoms with Gasteiger partial charge in [-0.05, 0) is 37.1 Å². The summed E-state index contributed by atoms with van der Waals surface area (Å²) in [6, 6.07) is 5.83. The van der Waals surface area contributed by atoms with Crippen LogP contribution in [0.4, 0.5) is 14.9 Å². The molecule has 1 saturated heterocycles. The van der Waals surface area contributed by atoms with Crippen LogP contribution >= 0.6 is 0 Å². The number of hydrogen-bond donors (Lipinski definition) is 1. The van der Waals surface area contributed by atoms with Crippen LogP contribution in [0.1, 0.15) is 38.5 Å². The summed E-state index contributed by atoms with van der Waals surface area (Å²) in [5.74, 6) is -0.378. The Balaban J connectivity index is 1.57. The molecule has 1 N–H and O–H groups in total. The lowest BCUT2D eigenvalue weighted by molar-refractivity contribution is -0.117. The smallest absolute Gasteiger partial charge is 0.317 e. The Hall–Kier alpha value is -2.11. The molecule has 2 fully saturated rings. The standard InChI is InChI=1S/C18H24FN3O2/c1-21(15-5-3-2-4-6-15)18(24)20-14-11-17(23)22(12-14)16-9-7-13(19)8-10-16/h7-10,14-15H,2-6,11-12H2,1H3,(H,20,24). The number of benzene rings is 1. The molecule has 1 unspecified atom stereocenters. The predicted molar refractivity (Wildman–Crippen MR) is 90.3 cm³/mol. The molecule has 24 heavy (non-hydrogen) atoms. The molecule has 0 spiro atoms. The zero-order valence-electron chi connectivity index (χ0n) is 14.0. The van der Waals surface area contributed by atoms with Crippen molar-refractivity contribution in [1.29, 1.82) is 0 Å². The molecule has 5 nitrogen and oxygen atoms in total. The van der Waals surface area contributed by atoms with Crippen LogP contribution < -0.4 is 10.2 Å². The monoisotopic (exact) mass is 333 g/mol. The number of rotatable bonds is 3. The molecule has 1 aromatic carbocycles. The van der Waals surface area contributed by atoms with E-state index in [2.05, 4.69) is 5.32 Å². The van der Waals surface area contributed by atoms with Crippen molar-refractivity contribution in [2.24, 2.45) is 0 Å². The fourth-order valence-electron chi connectivity index (χ4n) is 3.59. The van der Waals surface area contributed by atoms with Gasteiger partial charge in [-0.25, -0.2) is 9.18 Å². The van der Waals surface area contributed by atoms with Crippen molar-refractivity contribution in [3.8, 4) is 0 Å². The van der Waals surface area contributed by atoms with Crippen molar-refractivity contribution in [2.75, 3.05) is 18.5 Å². The molecule has 1 aliphatic carbocycles. The highest BCUT2D eigenvalue weighted by Crippen LogP contribution is 2.24. The fourth-order valence-corrected chi connectivity index (χ4v) is 3.59. The van der Waals surface area contributed by atoms with Crippen LogP contribution in [-0.4, -0.2) is 42.5 Å². The number of anilines is 1. The second-order valence-electron chi connectivity index (χ2n) is 6.73. The fraction of sp³-hybridized carbons (Fsp3) is 0.556. The van der Waals surface area contributed by atoms with E-state index < -0.39 is 0 Å². The number of urea groups is 1. The van der Waals surface area contributed by atoms with Crippen LogP contribution in [0.15, 0.2) is 24.3 Å². The third-order valence-electron chi connectivity index (χ3n) is 5.03. The Labute approximate surface area is 141 Å². The van der Waals surface area contributed by atoms with E-state index in [1.54, 1.807) is 21.9 Å². The molecule has 1 aliphatic heterocycles.